The molecule has 2 N–H and O–H groups in total. The number of piperidine rings is 1. The van der Waals surface area contributed by atoms with E-state index < -0.39 is 32.6 Å². The lowest BCUT2D eigenvalue weighted by atomic mass is 9.93. The zero-order chi connectivity index (χ0) is 14.9. The molecule has 1 aliphatic rings. The predicted octanol–water partition coefficient (Wildman–Crippen LogP) is 2.13. The second-order valence-electron chi connectivity index (χ2n) is 5.09. The van der Waals surface area contributed by atoms with Crippen molar-refractivity contribution in [2.24, 2.45) is 11.7 Å². The van der Waals surface area contributed by atoms with Gasteiger partial charge in [0.25, 0.3) is 0 Å². The molecule has 1 aliphatic heterocycles. The molecule has 1 fully saturated rings. The van der Waals surface area contributed by atoms with E-state index in [1.54, 1.807) is 0 Å². The van der Waals surface area contributed by atoms with Crippen LogP contribution in [-0.2, 0) is 10.0 Å². The molecule has 2 unspecified atom stereocenters. The fraction of sp³-hybridized carbons (Fsp3) is 0.538. The molecule has 0 aliphatic carbocycles. The molecular formula is C13H19ClF2N2O2S. The first-order chi connectivity index (χ1) is 9.39. The van der Waals surface area contributed by atoms with Gasteiger partial charge in [-0.25, -0.2) is 17.2 Å². The third-order valence-corrected chi connectivity index (χ3v) is 5.77. The first-order valence-corrected chi connectivity index (χ1v) is 7.99. The highest BCUT2D eigenvalue weighted by atomic mass is 35.5. The first kappa shape index (κ1) is 18.3. The first-order valence-electron chi connectivity index (χ1n) is 6.55. The van der Waals surface area contributed by atoms with Crippen LogP contribution in [0, 0.1) is 17.6 Å². The molecule has 4 nitrogen and oxygen atoms in total. The standard InChI is InChI=1S/C13H18F2N2O2S.ClH/c1-9-4-3-7-17(12(9)8-16)20(18,19)13-10(14)5-2-6-11(13)15;/h2,5-6,9,12H,3-4,7-8,16H2,1H3;1H. The van der Waals surface area contributed by atoms with Crippen molar-refractivity contribution in [1.29, 1.82) is 0 Å². The summed E-state index contributed by atoms with van der Waals surface area (Å²) in [4.78, 5) is -0.882. The SMILES string of the molecule is CC1CCCN(S(=O)(=O)c2c(F)cccc2F)C1CN.Cl. The van der Waals surface area contributed by atoms with E-state index in [1.165, 1.54) is 0 Å². The highest BCUT2D eigenvalue weighted by Gasteiger charge is 2.39. The second kappa shape index (κ2) is 7.00. The van der Waals surface area contributed by atoms with Crippen molar-refractivity contribution in [3.8, 4) is 0 Å². The Balaban J connectivity index is 0.00000220. The molecule has 2 rings (SSSR count). The smallest absolute Gasteiger partial charge is 0.249 e. The number of nitrogens with zero attached hydrogens (tertiary/aromatic N) is 1. The molecule has 0 radical (unpaired) electrons. The molecule has 8 heteroatoms. The Morgan fingerprint density at radius 2 is 1.90 bits per heavy atom. The zero-order valence-electron chi connectivity index (χ0n) is 11.6. The maximum Gasteiger partial charge on any atom is 0.249 e. The number of hydrogen-bond acceptors (Lipinski definition) is 3. The molecule has 0 saturated carbocycles. The lowest BCUT2D eigenvalue weighted by Crippen LogP contribution is -2.51. The van der Waals surface area contributed by atoms with E-state index in [9.17, 15) is 17.2 Å². The number of sulfonamides is 1. The van der Waals surface area contributed by atoms with Gasteiger partial charge in [-0.15, -0.1) is 12.4 Å². The van der Waals surface area contributed by atoms with Gasteiger partial charge in [0.05, 0.1) is 0 Å². The zero-order valence-corrected chi connectivity index (χ0v) is 13.3. The van der Waals surface area contributed by atoms with Crippen LogP contribution in [0.2, 0.25) is 0 Å². The van der Waals surface area contributed by atoms with Crippen LogP contribution in [0.25, 0.3) is 0 Å². The monoisotopic (exact) mass is 340 g/mol. The third kappa shape index (κ3) is 3.36. The van der Waals surface area contributed by atoms with Crippen LogP contribution in [0.5, 0.6) is 0 Å². The van der Waals surface area contributed by atoms with Crippen molar-refractivity contribution < 1.29 is 17.2 Å². The van der Waals surface area contributed by atoms with Crippen LogP contribution in [0.4, 0.5) is 8.78 Å². The number of hydrogen-bond donors (Lipinski definition) is 1. The van der Waals surface area contributed by atoms with Gasteiger partial charge in [0.1, 0.15) is 11.6 Å². The van der Waals surface area contributed by atoms with E-state index in [4.69, 9.17) is 5.73 Å². The van der Waals surface area contributed by atoms with E-state index in [2.05, 4.69) is 0 Å². The van der Waals surface area contributed by atoms with Crippen molar-refractivity contribution in [2.75, 3.05) is 13.1 Å². The maximum absolute atomic E-state index is 13.8. The highest BCUT2D eigenvalue weighted by Crippen LogP contribution is 2.30. The van der Waals surface area contributed by atoms with Crippen molar-refractivity contribution in [1.82, 2.24) is 4.31 Å². The summed E-state index contributed by atoms with van der Waals surface area (Å²) in [5, 5.41) is 0. The van der Waals surface area contributed by atoms with Gasteiger partial charge in [-0.2, -0.15) is 4.31 Å². The Morgan fingerprint density at radius 1 is 1.33 bits per heavy atom. The Kier molecular flexibility index (Phi) is 6.10. The van der Waals surface area contributed by atoms with Gasteiger partial charge in [0.2, 0.25) is 10.0 Å². The summed E-state index contributed by atoms with van der Waals surface area (Å²) < 4.78 is 53.7. The summed E-state index contributed by atoms with van der Waals surface area (Å²) >= 11 is 0. The average molecular weight is 341 g/mol. The molecule has 0 spiro atoms. The molecule has 0 aromatic heterocycles. The van der Waals surface area contributed by atoms with Crippen LogP contribution in [-0.4, -0.2) is 31.9 Å². The van der Waals surface area contributed by atoms with Crippen LogP contribution in [0.3, 0.4) is 0 Å². The Hall–Kier alpha value is -0.760. The molecule has 21 heavy (non-hydrogen) atoms. The molecular weight excluding hydrogens is 322 g/mol. The van der Waals surface area contributed by atoms with Gasteiger partial charge in [-0.3, -0.25) is 0 Å². The van der Waals surface area contributed by atoms with Gasteiger partial charge >= 0.3 is 0 Å². The molecule has 1 aromatic rings. The maximum atomic E-state index is 13.8. The number of halogens is 3. The fourth-order valence-electron chi connectivity index (χ4n) is 2.71. The quantitative estimate of drug-likeness (QED) is 0.916. The van der Waals surface area contributed by atoms with Crippen molar-refractivity contribution in [3.05, 3.63) is 29.8 Å². The molecule has 120 valence electrons. The Bertz CT molecular complexity index is 578. The topological polar surface area (TPSA) is 63.4 Å². The van der Waals surface area contributed by atoms with Crippen LogP contribution >= 0.6 is 12.4 Å². The van der Waals surface area contributed by atoms with Gasteiger partial charge in [-0.1, -0.05) is 13.0 Å². The molecule has 1 heterocycles. The summed E-state index contributed by atoms with van der Waals surface area (Å²) in [5.74, 6) is -2.07. The molecule has 1 aromatic carbocycles. The summed E-state index contributed by atoms with van der Waals surface area (Å²) in [5.41, 5.74) is 5.64. The minimum atomic E-state index is -4.21. The summed E-state index contributed by atoms with van der Waals surface area (Å²) in [7, 11) is -4.21. The third-order valence-electron chi connectivity index (χ3n) is 3.79. The van der Waals surface area contributed by atoms with Gasteiger partial charge < -0.3 is 5.73 Å². The number of benzene rings is 1. The van der Waals surface area contributed by atoms with Crippen molar-refractivity contribution >= 4 is 22.4 Å². The molecule has 0 bridgehead atoms. The Labute approximate surface area is 129 Å². The van der Waals surface area contributed by atoms with Gasteiger partial charge in [0, 0.05) is 19.1 Å². The Morgan fingerprint density at radius 3 is 2.43 bits per heavy atom. The normalized spacial score (nSPS) is 23.6. The largest absolute Gasteiger partial charge is 0.329 e. The summed E-state index contributed by atoms with van der Waals surface area (Å²) in [6.45, 7) is 2.27. The van der Waals surface area contributed by atoms with Gasteiger partial charge in [0.15, 0.2) is 4.90 Å². The van der Waals surface area contributed by atoms with Crippen LogP contribution < -0.4 is 5.73 Å². The summed E-state index contributed by atoms with van der Waals surface area (Å²) in [6, 6.07) is 2.61. The van der Waals surface area contributed by atoms with E-state index in [-0.39, 0.29) is 31.4 Å². The van der Waals surface area contributed by atoms with Gasteiger partial charge in [-0.05, 0) is 30.9 Å². The van der Waals surface area contributed by atoms with E-state index >= 15 is 0 Å². The van der Waals surface area contributed by atoms with Crippen LogP contribution in [0.15, 0.2) is 23.1 Å². The number of nitrogens with two attached hydrogens (primary N) is 1. The van der Waals surface area contributed by atoms with Crippen molar-refractivity contribution in [2.45, 2.75) is 30.7 Å². The molecule has 1 saturated heterocycles. The molecule has 2 atom stereocenters. The lowest BCUT2D eigenvalue weighted by Gasteiger charge is -2.38. The fourth-order valence-corrected chi connectivity index (χ4v) is 4.59. The minimum absolute atomic E-state index is 0. The van der Waals surface area contributed by atoms with E-state index in [0.717, 1.165) is 28.9 Å². The number of rotatable bonds is 3. The predicted molar refractivity (Wildman–Crippen MR) is 78.7 cm³/mol. The summed E-state index contributed by atoms with van der Waals surface area (Å²) in [6.07, 6.45) is 1.51. The van der Waals surface area contributed by atoms with E-state index in [1.807, 2.05) is 6.92 Å². The molecule has 0 amide bonds. The highest BCUT2D eigenvalue weighted by molar-refractivity contribution is 7.89. The lowest BCUT2D eigenvalue weighted by molar-refractivity contribution is 0.191. The average Bonchev–Trinajstić information content (AvgIpc) is 2.37. The van der Waals surface area contributed by atoms with E-state index in [0.29, 0.717) is 6.42 Å². The second-order valence-corrected chi connectivity index (χ2v) is 6.92. The van der Waals surface area contributed by atoms with Crippen molar-refractivity contribution in [3.63, 3.8) is 0 Å². The minimum Gasteiger partial charge on any atom is -0.329 e. The van der Waals surface area contributed by atoms with Crippen LogP contribution in [0.1, 0.15) is 19.8 Å².